The van der Waals surface area contributed by atoms with Crippen LogP contribution in [0.5, 0.6) is 0 Å². The molecule has 2 aromatic carbocycles. The summed E-state index contributed by atoms with van der Waals surface area (Å²) in [6.45, 7) is 6.13. The van der Waals surface area contributed by atoms with Crippen molar-refractivity contribution in [1.29, 1.82) is 0 Å². The van der Waals surface area contributed by atoms with Crippen LogP contribution in [0, 0.1) is 0 Å². The van der Waals surface area contributed by atoms with Gasteiger partial charge in [-0.05, 0) is 36.1 Å². The molecule has 3 rings (SSSR count). The van der Waals surface area contributed by atoms with E-state index in [2.05, 4.69) is 64.7 Å². The van der Waals surface area contributed by atoms with Gasteiger partial charge in [0.25, 0.3) is 0 Å². The van der Waals surface area contributed by atoms with Crippen LogP contribution < -0.4 is 5.32 Å². The standard InChI is InChI=1S/C21H26N4O/c1-4-14(2)20-23-21(25-24-20)15(3)22-19(26)12-10-16-9-11-17-7-5-6-8-18(17)13-16/h5-9,11,13-15H,4,10,12H2,1-3H3,(H,22,26)(H,23,24,25)/t14-,15+/m0/s1. The van der Waals surface area contributed by atoms with Gasteiger partial charge in [-0.3, -0.25) is 9.89 Å². The fraction of sp³-hybridized carbons (Fsp3) is 0.381. The summed E-state index contributed by atoms with van der Waals surface area (Å²) in [6, 6.07) is 14.4. The first-order valence-electron chi connectivity index (χ1n) is 9.26. The Labute approximate surface area is 154 Å². The topological polar surface area (TPSA) is 70.7 Å². The Balaban J connectivity index is 1.55. The average molecular weight is 350 g/mol. The second-order valence-electron chi connectivity index (χ2n) is 6.86. The molecule has 5 nitrogen and oxygen atoms in total. The number of aromatic amines is 1. The Kier molecular flexibility index (Phi) is 5.66. The number of fused-ring (bicyclic) bond motifs is 1. The molecular formula is C21H26N4O. The van der Waals surface area contributed by atoms with Crippen LogP contribution in [-0.2, 0) is 11.2 Å². The van der Waals surface area contributed by atoms with Crippen molar-refractivity contribution in [3.05, 3.63) is 59.7 Å². The maximum Gasteiger partial charge on any atom is 0.220 e. The number of H-pyrrole nitrogens is 1. The molecule has 0 unspecified atom stereocenters. The van der Waals surface area contributed by atoms with Crippen molar-refractivity contribution in [2.24, 2.45) is 0 Å². The van der Waals surface area contributed by atoms with Crippen molar-refractivity contribution < 1.29 is 4.79 Å². The van der Waals surface area contributed by atoms with Crippen LogP contribution in [0.4, 0.5) is 0 Å². The molecule has 0 spiro atoms. The van der Waals surface area contributed by atoms with Gasteiger partial charge in [-0.25, -0.2) is 4.98 Å². The molecule has 0 radical (unpaired) electrons. The van der Waals surface area contributed by atoms with Gasteiger partial charge in [0.05, 0.1) is 6.04 Å². The molecule has 0 bridgehead atoms. The monoisotopic (exact) mass is 350 g/mol. The van der Waals surface area contributed by atoms with Crippen LogP contribution >= 0.6 is 0 Å². The molecule has 5 heteroatoms. The lowest BCUT2D eigenvalue weighted by atomic mass is 10.0. The van der Waals surface area contributed by atoms with Crippen molar-refractivity contribution in [3.8, 4) is 0 Å². The predicted octanol–water partition coefficient (Wildman–Crippen LogP) is 4.28. The molecule has 2 N–H and O–H groups in total. The quantitative estimate of drug-likeness (QED) is 0.668. The summed E-state index contributed by atoms with van der Waals surface area (Å²) in [5.41, 5.74) is 1.17. The van der Waals surface area contributed by atoms with E-state index in [9.17, 15) is 4.79 Å². The highest BCUT2D eigenvalue weighted by molar-refractivity contribution is 5.83. The summed E-state index contributed by atoms with van der Waals surface area (Å²) >= 11 is 0. The zero-order valence-electron chi connectivity index (χ0n) is 15.6. The van der Waals surface area contributed by atoms with Gasteiger partial charge in [0.1, 0.15) is 5.82 Å². The number of amides is 1. The number of benzene rings is 2. The number of carbonyl (C=O) groups is 1. The molecule has 3 aromatic rings. The minimum atomic E-state index is -0.176. The smallest absolute Gasteiger partial charge is 0.220 e. The molecular weight excluding hydrogens is 324 g/mol. The van der Waals surface area contributed by atoms with Gasteiger partial charge >= 0.3 is 0 Å². The molecule has 2 atom stereocenters. The molecule has 0 aliphatic heterocycles. The van der Waals surface area contributed by atoms with E-state index in [0.29, 0.717) is 18.2 Å². The van der Waals surface area contributed by atoms with E-state index in [1.165, 1.54) is 16.3 Å². The number of rotatable bonds is 7. The third kappa shape index (κ3) is 4.28. The van der Waals surface area contributed by atoms with Crippen LogP contribution in [0.15, 0.2) is 42.5 Å². The number of hydrogen-bond donors (Lipinski definition) is 2. The molecule has 1 aromatic heterocycles. The second-order valence-corrected chi connectivity index (χ2v) is 6.86. The molecule has 0 saturated heterocycles. The molecule has 0 fully saturated rings. The zero-order valence-corrected chi connectivity index (χ0v) is 15.6. The Morgan fingerprint density at radius 2 is 1.92 bits per heavy atom. The molecule has 1 amide bonds. The summed E-state index contributed by atoms with van der Waals surface area (Å²) in [5.74, 6) is 1.85. The number of nitrogens with zero attached hydrogens (tertiary/aromatic N) is 2. The Hall–Kier alpha value is -2.69. The molecule has 26 heavy (non-hydrogen) atoms. The van der Waals surface area contributed by atoms with Crippen molar-refractivity contribution in [2.45, 2.75) is 52.0 Å². The van der Waals surface area contributed by atoms with E-state index >= 15 is 0 Å². The number of hydrogen-bond acceptors (Lipinski definition) is 3. The highest BCUT2D eigenvalue weighted by Crippen LogP contribution is 2.18. The van der Waals surface area contributed by atoms with Crippen LogP contribution in [0.2, 0.25) is 0 Å². The lowest BCUT2D eigenvalue weighted by Crippen LogP contribution is -2.27. The summed E-state index contributed by atoms with van der Waals surface area (Å²) < 4.78 is 0. The van der Waals surface area contributed by atoms with E-state index in [0.717, 1.165) is 18.7 Å². The van der Waals surface area contributed by atoms with Gasteiger partial charge in [0.15, 0.2) is 5.82 Å². The number of nitrogens with one attached hydrogen (secondary N) is 2. The lowest BCUT2D eigenvalue weighted by molar-refractivity contribution is -0.121. The highest BCUT2D eigenvalue weighted by atomic mass is 16.1. The van der Waals surface area contributed by atoms with E-state index in [1.807, 2.05) is 19.1 Å². The van der Waals surface area contributed by atoms with Crippen LogP contribution in [-0.4, -0.2) is 21.1 Å². The average Bonchev–Trinajstić information content (AvgIpc) is 3.16. The molecule has 0 aliphatic carbocycles. The third-order valence-electron chi connectivity index (χ3n) is 4.82. The first-order chi connectivity index (χ1) is 12.6. The van der Waals surface area contributed by atoms with Crippen molar-refractivity contribution >= 4 is 16.7 Å². The van der Waals surface area contributed by atoms with Gasteiger partial charge in [-0.2, -0.15) is 5.10 Å². The number of aryl methyl sites for hydroxylation is 1. The van der Waals surface area contributed by atoms with E-state index in [-0.39, 0.29) is 11.9 Å². The van der Waals surface area contributed by atoms with Gasteiger partial charge in [0, 0.05) is 12.3 Å². The highest BCUT2D eigenvalue weighted by Gasteiger charge is 2.16. The summed E-state index contributed by atoms with van der Waals surface area (Å²) in [5, 5.41) is 12.6. The summed E-state index contributed by atoms with van der Waals surface area (Å²) in [4.78, 5) is 16.8. The minimum Gasteiger partial charge on any atom is -0.346 e. The molecule has 136 valence electrons. The fourth-order valence-corrected chi connectivity index (χ4v) is 2.92. The fourth-order valence-electron chi connectivity index (χ4n) is 2.92. The van der Waals surface area contributed by atoms with E-state index < -0.39 is 0 Å². The van der Waals surface area contributed by atoms with Crippen molar-refractivity contribution in [1.82, 2.24) is 20.5 Å². The molecule has 0 saturated carbocycles. The number of carbonyl (C=O) groups excluding carboxylic acids is 1. The van der Waals surface area contributed by atoms with Crippen LogP contribution in [0.25, 0.3) is 10.8 Å². The lowest BCUT2D eigenvalue weighted by Gasteiger charge is -2.11. The van der Waals surface area contributed by atoms with Gasteiger partial charge < -0.3 is 5.32 Å². The summed E-state index contributed by atoms with van der Waals surface area (Å²) in [6.07, 6.45) is 2.16. The second kappa shape index (κ2) is 8.13. The maximum absolute atomic E-state index is 12.3. The minimum absolute atomic E-state index is 0.0205. The van der Waals surface area contributed by atoms with E-state index in [4.69, 9.17) is 0 Å². The first-order valence-corrected chi connectivity index (χ1v) is 9.26. The first kappa shape index (κ1) is 18.1. The molecule has 0 aliphatic rings. The summed E-state index contributed by atoms with van der Waals surface area (Å²) in [7, 11) is 0. The Morgan fingerprint density at radius 1 is 1.15 bits per heavy atom. The molecule has 1 heterocycles. The largest absolute Gasteiger partial charge is 0.346 e. The van der Waals surface area contributed by atoms with Gasteiger partial charge in [-0.1, -0.05) is 56.3 Å². The Bertz CT molecular complexity index is 886. The third-order valence-corrected chi connectivity index (χ3v) is 4.82. The Morgan fingerprint density at radius 3 is 2.69 bits per heavy atom. The van der Waals surface area contributed by atoms with Gasteiger partial charge in [0.2, 0.25) is 5.91 Å². The van der Waals surface area contributed by atoms with Crippen molar-refractivity contribution in [3.63, 3.8) is 0 Å². The zero-order chi connectivity index (χ0) is 18.5. The maximum atomic E-state index is 12.3. The van der Waals surface area contributed by atoms with Crippen LogP contribution in [0.1, 0.15) is 62.8 Å². The van der Waals surface area contributed by atoms with Crippen LogP contribution in [0.3, 0.4) is 0 Å². The van der Waals surface area contributed by atoms with E-state index in [1.54, 1.807) is 0 Å². The van der Waals surface area contributed by atoms with Gasteiger partial charge in [-0.15, -0.1) is 0 Å². The normalized spacial score (nSPS) is 13.5. The predicted molar refractivity (Wildman–Crippen MR) is 104 cm³/mol. The number of aromatic nitrogens is 3. The van der Waals surface area contributed by atoms with Crippen molar-refractivity contribution in [2.75, 3.05) is 0 Å². The SMILES string of the molecule is CC[C@H](C)c1n[nH]c([C@@H](C)NC(=O)CCc2ccc3ccccc3c2)n1.